The van der Waals surface area contributed by atoms with E-state index < -0.39 is 0 Å². The molecule has 0 N–H and O–H groups in total. The van der Waals surface area contributed by atoms with E-state index in [4.69, 9.17) is 14.2 Å². The van der Waals surface area contributed by atoms with Crippen molar-refractivity contribution < 1.29 is 23.4 Å². The van der Waals surface area contributed by atoms with E-state index in [2.05, 4.69) is 10.0 Å². The lowest BCUT2D eigenvalue weighted by atomic mass is 10.2. The molecular formula is C21H23ClFN3O4. The summed E-state index contributed by atoms with van der Waals surface area (Å²) < 4.78 is 30.1. The maximum Gasteiger partial charge on any atom is 0.285 e. The van der Waals surface area contributed by atoms with Gasteiger partial charge in [-0.25, -0.2) is 4.39 Å². The Morgan fingerprint density at radius 3 is 2.57 bits per heavy atom. The predicted molar refractivity (Wildman–Crippen MR) is 113 cm³/mol. The highest BCUT2D eigenvalue weighted by Gasteiger charge is 2.25. The Balaban J connectivity index is 0.00000256. The molecule has 0 aromatic heterocycles. The lowest BCUT2D eigenvalue weighted by molar-refractivity contribution is -0.121. The molecule has 2 aromatic rings. The number of carbonyl (C=O) groups excluding carboxylic acids is 1. The number of halogens is 2. The van der Waals surface area contributed by atoms with Crippen LogP contribution >= 0.6 is 12.4 Å². The van der Waals surface area contributed by atoms with E-state index in [1.807, 2.05) is 24.3 Å². The first kappa shape index (κ1) is 22.0. The van der Waals surface area contributed by atoms with Gasteiger partial charge in [0, 0.05) is 19.6 Å². The van der Waals surface area contributed by atoms with Crippen LogP contribution in [0.4, 0.5) is 10.1 Å². The molecular weight excluding hydrogens is 413 g/mol. The maximum atomic E-state index is 13.2. The molecule has 0 radical (unpaired) electrons. The van der Waals surface area contributed by atoms with Crippen molar-refractivity contribution in [3.63, 3.8) is 0 Å². The van der Waals surface area contributed by atoms with Gasteiger partial charge in [0.2, 0.25) is 5.90 Å². The van der Waals surface area contributed by atoms with Crippen molar-refractivity contribution in [3.8, 4) is 5.75 Å². The number of ether oxygens (including phenoxy) is 3. The normalized spacial score (nSPS) is 17.0. The molecule has 2 aliphatic heterocycles. The molecule has 0 spiro atoms. The van der Waals surface area contributed by atoms with Crippen LogP contribution in [0, 0.1) is 5.82 Å². The largest absolute Gasteiger partial charge is 0.491 e. The van der Waals surface area contributed by atoms with Gasteiger partial charge in [-0.3, -0.25) is 9.69 Å². The molecule has 2 heterocycles. The highest BCUT2D eigenvalue weighted by Crippen LogP contribution is 2.24. The summed E-state index contributed by atoms with van der Waals surface area (Å²) in [6.07, 6.45) is 0. The molecule has 2 aromatic carbocycles. The monoisotopic (exact) mass is 435 g/mol. The molecule has 1 fully saturated rings. The number of para-hydroxylation sites is 1. The number of carbonyl (C=O) groups is 1. The third-order valence-corrected chi connectivity index (χ3v) is 4.72. The van der Waals surface area contributed by atoms with Crippen LogP contribution in [0.15, 0.2) is 53.6 Å². The standard InChI is InChI=1S/C21H22FN3O4.ClH/c22-16-5-7-17(8-6-16)25-20(26)15-29-21(23-25)18-3-1-2-4-19(18)28-14-11-24-9-12-27-13-10-24;/h1-8H,9-15H2;1H. The Morgan fingerprint density at radius 1 is 1.07 bits per heavy atom. The summed E-state index contributed by atoms with van der Waals surface area (Å²) in [5, 5.41) is 5.57. The summed E-state index contributed by atoms with van der Waals surface area (Å²) >= 11 is 0. The van der Waals surface area contributed by atoms with Gasteiger partial charge in [0.25, 0.3) is 5.91 Å². The van der Waals surface area contributed by atoms with Gasteiger partial charge in [-0.2, -0.15) is 5.01 Å². The summed E-state index contributed by atoms with van der Waals surface area (Å²) in [6, 6.07) is 13.0. The number of anilines is 1. The van der Waals surface area contributed by atoms with Crippen molar-refractivity contribution >= 4 is 29.9 Å². The van der Waals surface area contributed by atoms with Crippen molar-refractivity contribution in [1.29, 1.82) is 0 Å². The average molecular weight is 436 g/mol. The van der Waals surface area contributed by atoms with Crippen LogP contribution in [-0.4, -0.2) is 62.8 Å². The van der Waals surface area contributed by atoms with Gasteiger partial charge in [-0.15, -0.1) is 17.5 Å². The predicted octanol–water partition coefficient (Wildman–Crippen LogP) is 2.68. The number of hydrogen-bond donors (Lipinski definition) is 0. The van der Waals surface area contributed by atoms with Crippen LogP contribution in [0.1, 0.15) is 5.56 Å². The molecule has 7 nitrogen and oxygen atoms in total. The lowest BCUT2D eigenvalue weighted by Crippen LogP contribution is -2.39. The van der Waals surface area contributed by atoms with E-state index >= 15 is 0 Å². The van der Waals surface area contributed by atoms with Gasteiger partial charge in [-0.1, -0.05) is 12.1 Å². The number of amides is 1. The average Bonchev–Trinajstić information content (AvgIpc) is 2.76. The highest BCUT2D eigenvalue weighted by atomic mass is 35.5. The molecule has 0 bridgehead atoms. The molecule has 160 valence electrons. The summed E-state index contributed by atoms with van der Waals surface area (Å²) in [5.74, 6) is 0.215. The molecule has 4 rings (SSSR count). The van der Waals surface area contributed by atoms with Crippen molar-refractivity contribution in [3.05, 3.63) is 59.9 Å². The Bertz CT molecular complexity index is 888. The van der Waals surface area contributed by atoms with E-state index in [0.717, 1.165) is 32.8 Å². The number of hydrogen-bond acceptors (Lipinski definition) is 6. The van der Waals surface area contributed by atoms with E-state index in [1.165, 1.54) is 29.3 Å². The lowest BCUT2D eigenvalue weighted by Gasteiger charge is -2.27. The maximum absolute atomic E-state index is 13.2. The fourth-order valence-electron chi connectivity index (χ4n) is 3.16. The van der Waals surface area contributed by atoms with Gasteiger partial charge in [0.1, 0.15) is 18.2 Å². The smallest absolute Gasteiger partial charge is 0.285 e. The summed E-state index contributed by atoms with van der Waals surface area (Å²) in [6.45, 7) is 4.45. The van der Waals surface area contributed by atoms with Crippen LogP contribution in [0.5, 0.6) is 5.75 Å². The number of hydrazone groups is 1. The number of morpholine rings is 1. The van der Waals surface area contributed by atoms with Gasteiger partial charge in [0.05, 0.1) is 24.5 Å². The molecule has 1 saturated heterocycles. The first-order valence-electron chi connectivity index (χ1n) is 9.53. The van der Waals surface area contributed by atoms with Crippen LogP contribution in [0.25, 0.3) is 0 Å². The van der Waals surface area contributed by atoms with Crippen molar-refractivity contribution in [2.45, 2.75) is 0 Å². The molecule has 2 aliphatic rings. The summed E-state index contributed by atoms with van der Waals surface area (Å²) in [5.41, 5.74) is 1.14. The van der Waals surface area contributed by atoms with Crippen LogP contribution < -0.4 is 9.75 Å². The van der Waals surface area contributed by atoms with Gasteiger partial charge >= 0.3 is 0 Å². The second kappa shape index (κ2) is 10.4. The Hall–Kier alpha value is -2.68. The quantitative estimate of drug-likeness (QED) is 0.698. The first-order chi connectivity index (χ1) is 14.2. The second-order valence-electron chi connectivity index (χ2n) is 6.67. The molecule has 0 unspecified atom stereocenters. The number of nitrogens with zero attached hydrogens (tertiary/aromatic N) is 3. The van der Waals surface area contributed by atoms with Crippen molar-refractivity contribution in [1.82, 2.24) is 4.90 Å². The molecule has 0 atom stereocenters. The summed E-state index contributed by atoms with van der Waals surface area (Å²) in [7, 11) is 0. The van der Waals surface area contributed by atoms with Gasteiger partial charge in [0.15, 0.2) is 6.61 Å². The molecule has 0 aliphatic carbocycles. The third kappa shape index (κ3) is 5.27. The summed E-state index contributed by atoms with van der Waals surface area (Å²) in [4.78, 5) is 14.5. The van der Waals surface area contributed by atoms with Crippen LogP contribution in [-0.2, 0) is 14.3 Å². The van der Waals surface area contributed by atoms with Crippen molar-refractivity contribution in [2.24, 2.45) is 5.10 Å². The van der Waals surface area contributed by atoms with Crippen LogP contribution in [0.2, 0.25) is 0 Å². The minimum Gasteiger partial charge on any atom is -0.491 e. The van der Waals surface area contributed by atoms with E-state index in [-0.39, 0.29) is 36.6 Å². The van der Waals surface area contributed by atoms with E-state index in [0.29, 0.717) is 23.6 Å². The fraction of sp³-hybridized carbons (Fsp3) is 0.333. The minimum absolute atomic E-state index is 0. The second-order valence-corrected chi connectivity index (χ2v) is 6.67. The SMILES string of the molecule is Cl.O=C1COC(c2ccccc2OCCN2CCOCC2)=NN1c1ccc(F)cc1. The van der Waals surface area contributed by atoms with Gasteiger partial charge in [-0.05, 0) is 36.4 Å². The molecule has 9 heteroatoms. The number of rotatable bonds is 6. The highest BCUT2D eigenvalue weighted by molar-refractivity contribution is 6.05. The number of benzene rings is 2. The van der Waals surface area contributed by atoms with Gasteiger partial charge < -0.3 is 14.2 Å². The Morgan fingerprint density at radius 2 is 1.80 bits per heavy atom. The van der Waals surface area contributed by atoms with E-state index in [9.17, 15) is 9.18 Å². The first-order valence-corrected chi connectivity index (χ1v) is 9.53. The zero-order valence-corrected chi connectivity index (χ0v) is 17.1. The zero-order valence-electron chi connectivity index (χ0n) is 16.3. The molecule has 30 heavy (non-hydrogen) atoms. The zero-order chi connectivity index (χ0) is 20.1. The fourth-order valence-corrected chi connectivity index (χ4v) is 3.16. The third-order valence-electron chi connectivity index (χ3n) is 4.72. The molecule has 0 saturated carbocycles. The minimum atomic E-state index is -0.377. The Labute approximate surface area is 180 Å². The van der Waals surface area contributed by atoms with Crippen molar-refractivity contribution in [2.75, 3.05) is 51.1 Å². The Kier molecular flexibility index (Phi) is 7.62. The molecule has 1 amide bonds. The topological polar surface area (TPSA) is 63.6 Å². The van der Waals surface area contributed by atoms with Crippen LogP contribution in [0.3, 0.4) is 0 Å². The van der Waals surface area contributed by atoms with E-state index in [1.54, 1.807) is 0 Å².